The van der Waals surface area contributed by atoms with Gasteiger partial charge < -0.3 is 0 Å². The van der Waals surface area contributed by atoms with Crippen molar-refractivity contribution in [1.82, 2.24) is 0 Å². The second kappa shape index (κ2) is 9.55. The number of aliphatic carboxylic acids is 1. The van der Waals surface area contributed by atoms with Gasteiger partial charge in [0.25, 0.3) is 0 Å². The molecule has 0 aliphatic heterocycles. The Morgan fingerprint density at radius 3 is 3.00 bits per heavy atom. The second-order valence-corrected chi connectivity index (χ2v) is 5.11. The van der Waals surface area contributed by atoms with E-state index in [4.69, 9.17) is 16.4 Å². The minimum atomic E-state index is -0.940. The molecule has 7 heteroatoms. The van der Waals surface area contributed by atoms with Crippen LogP contribution in [0, 0.1) is 0 Å². The third kappa shape index (κ3) is 9.31. The molecular formula is C8H14N4O2Se. The first-order chi connectivity index (χ1) is 7.18. The Labute approximate surface area is 94.3 Å². The van der Waals surface area contributed by atoms with Crippen LogP contribution in [0.25, 0.3) is 10.4 Å². The summed E-state index contributed by atoms with van der Waals surface area (Å²) in [4.78, 5) is 13.0. The number of carbonyl (C=O) groups is 1. The van der Waals surface area contributed by atoms with Gasteiger partial charge in [0.05, 0.1) is 0 Å². The van der Waals surface area contributed by atoms with Gasteiger partial charge >= 0.3 is 93.9 Å². The van der Waals surface area contributed by atoms with Crippen LogP contribution in [-0.4, -0.2) is 38.6 Å². The fourth-order valence-corrected chi connectivity index (χ4v) is 2.51. The molecule has 0 aliphatic rings. The first-order valence-corrected chi connectivity index (χ1v) is 6.82. The molecule has 0 saturated heterocycles. The molecule has 0 fully saturated rings. The van der Waals surface area contributed by atoms with Crippen molar-refractivity contribution in [2.75, 3.05) is 6.54 Å². The van der Waals surface area contributed by atoms with Crippen LogP contribution in [0.5, 0.6) is 0 Å². The van der Waals surface area contributed by atoms with E-state index < -0.39 is 12.0 Å². The zero-order valence-electron chi connectivity index (χ0n) is 8.24. The third-order valence-corrected chi connectivity index (χ3v) is 3.52. The Bertz CT molecular complexity index is 263. The van der Waals surface area contributed by atoms with Crippen molar-refractivity contribution >= 4 is 20.9 Å². The average Bonchev–Trinajstić information content (AvgIpc) is 2.21. The molecular weight excluding hydrogens is 263 g/mol. The van der Waals surface area contributed by atoms with Crippen molar-refractivity contribution in [2.24, 2.45) is 10.8 Å². The summed E-state index contributed by atoms with van der Waals surface area (Å²) in [5, 5.41) is 13.6. The number of rotatable bonds is 8. The molecule has 0 aliphatic carbocycles. The second-order valence-electron chi connectivity index (χ2n) is 2.69. The molecule has 0 aromatic rings. The third-order valence-electron chi connectivity index (χ3n) is 1.52. The van der Waals surface area contributed by atoms with Crippen molar-refractivity contribution in [3.8, 4) is 0 Å². The number of hydrogen-bond acceptors (Lipinski definition) is 3. The normalized spacial score (nSPS) is 12.3. The van der Waals surface area contributed by atoms with Gasteiger partial charge in [0.1, 0.15) is 0 Å². The van der Waals surface area contributed by atoms with E-state index in [1.807, 2.05) is 6.08 Å². The molecule has 3 N–H and O–H groups in total. The van der Waals surface area contributed by atoms with Gasteiger partial charge in [-0.25, -0.2) is 0 Å². The number of carboxylic acid groups (broad SMARTS) is 1. The molecule has 0 saturated carbocycles. The first kappa shape index (κ1) is 14.0. The molecule has 0 heterocycles. The van der Waals surface area contributed by atoms with Gasteiger partial charge in [-0.15, -0.1) is 0 Å². The molecule has 0 aromatic carbocycles. The van der Waals surface area contributed by atoms with Gasteiger partial charge in [-0.1, -0.05) is 0 Å². The van der Waals surface area contributed by atoms with Crippen molar-refractivity contribution in [1.29, 1.82) is 0 Å². The Kier molecular flexibility index (Phi) is 8.91. The van der Waals surface area contributed by atoms with Crippen LogP contribution in [0.15, 0.2) is 17.3 Å². The topological polar surface area (TPSA) is 112 Å². The van der Waals surface area contributed by atoms with Crippen molar-refractivity contribution in [3.63, 3.8) is 0 Å². The summed E-state index contributed by atoms with van der Waals surface area (Å²) >= 11 is 0.375. The fraction of sp³-hybridized carbons (Fsp3) is 0.625. The van der Waals surface area contributed by atoms with Gasteiger partial charge in [-0.2, -0.15) is 0 Å². The van der Waals surface area contributed by atoms with Crippen molar-refractivity contribution in [3.05, 3.63) is 22.6 Å². The van der Waals surface area contributed by atoms with Crippen LogP contribution in [0.3, 0.4) is 0 Å². The van der Waals surface area contributed by atoms with Crippen LogP contribution < -0.4 is 5.73 Å². The summed E-state index contributed by atoms with van der Waals surface area (Å²) in [6, 6.07) is -0.737. The Morgan fingerprint density at radius 2 is 2.40 bits per heavy atom. The van der Waals surface area contributed by atoms with Gasteiger partial charge in [0.15, 0.2) is 0 Å². The van der Waals surface area contributed by atoms with Gasteiger partial charge in [0.2, 0.25) is 0 Å². The van der Waals surface area contributed by atoms with Crippen molar-refractivity contribution < 1.29 is 9.90 Å². The zero-order chi connectivity index (χ0) is 11.5. The SMILES string of the molecule is [N-]=[N+]=NC/C=C/C[Se]CC[C@H](N)C(=O)O. The average molecular weight is 277 g/mol. The number of nitrogens with two attached hydrogens (primary N) is 1. The van der Waals surface area contributed by atoms with Crippen LogP contribution in [-0.2, 0) is 4.79 Å². The number of azide groups is 1. The van der Waals surface area contributed by atoms with E-state index in [-0.39, 0.29) is 0 Å². The molecule has 15 heavy (non-hydrogen) atoms. The van der Waals surface area contributed by atoms with E-state index in [0.717, 1.165) is 10.6 Å². The van der Waals surface area contributed by atoms with E-state index in [1.165, 1.54) is 0 Å². The van der Waals surface area contributed by atoms with E-state index in [1.54, 1.807) is 6.08 Å². The maximum atomic E-state index is 10.4. The van der Waals surface area contributed by atoms with Gasteiger partial charge in [0, 0.05) is 0 Å². The zero-order valence-corrected chi connectivity index (χ0v) is 9.96. The molecule has 0 rings (SSSR count). The molecule has 6 nitrogen and oxygen atoms in total. The molecule has 0 radical (unpaired) electrons. The summed E-state index contributed by atoms with van der Waals surface area (Å²) in [5.41, 5.74) is 13.3. The van der Waals surface area contributed by atoms with E-state index in [9.17, 15) is 4.79 Å². The molecule has 0 bridgehead atoms. The Morgan fingerprint density at radius 1 is 1.67 bits per heavy atom. The summed E-state index contributed by atoms with van der Waals surface area (Å²) in [7, 11) is 0. The monoisotopic (exact) mass is 278 g/mol. The first-order valence-electron chi connectivity index (χ1n) is 4.40. The number of allylic oxidation sites excluding steroid dienone is 1. The summed E-state index contributed by atoms with van der Waals surface area (Å²) in [5.74, 6) is -0.940. The standard InChI is InChI=1S/C8H14N4O2Se/c9-7(8(13)14)3-6-15-5-2-1-4-11-12-10/h1-2,7H,3-6,9H2,(H,13,14)/b2-1+/t7-/m0/s1. The predicted molar refractivity (Wildman–Crippen MR) is 58.7 cm³/mol. The molecule has 0 spiro atoms. The molecule has 0 unspecified atom stereocenters. The Balaban J connectivity index is 3.35. The van der Waals surface area contributed by atoms with Crippen LogP contribution in [0.2, 0.25) is 10.6 Å². The fourth-order valence-electron chi connectivity index (χ4n) is 0.711. The van der Waals surface area contributed by atoms with Crippen LogP contribution >= 0.6 is 0 Å². The van der Waals surface area contributed by atoms with E-state index in [2.05, 4.69) is 10.0 Å². The Hall–Kier alpha value is -1.00. The number of hydrogen-bond donors (Lipinski definition) is 2. The summed E-state index contributed by atoms with van der Waals surface area (Å²) in [6.07, 6.45) is 4.28. The van der Waals surface area contributed by atoms with Gasteiger partial charge in [-0.3, -0.25) is 0 Å². The predicted octanol–water partition coefficient (Wildman–Crippen LogP) is 1.20. The van der Waals surface area contributed by atoms with Crippen molar-refractivity contribution in [2.45, 2.75) is 23.1 Å². The van der Waals surface area contributed by atoms with Crippen LogP contribution in [0.4, 0.5) is 0 Å². The summed E-state index contributed by atoms with van der Waals surface area (Å²) < 4.78 is 0. The quantitative estimate of drug-likeness (QED) is 0.173. The van der Waals surface area contributed by atoms with E-state index in [0.29, 0.717) is 27.9 Å². The van der Waals surface area contributed by atoms with Crippen LogP contribution in [0.1, 0.15) is 6.42 Å². The number of nitrogens with zero attached hydrogens (tertiary/aromatic N) is 3. The molecule has 1 atom stereocenters. The minimum absolute atomic E-state index is 0.375. The number of carboxylic acids is 1. The summed E-state index contributed by atoms with van der Waals surface area (Å²) in [6.45, 7) is 0.376. The molecule has 0 amide bonds. The maximum absolute atomic E-state index is 10.4. The van der Waals surface area contributed by atoms with Gasteiger partial charge in [-0.05, 0) is 0 Å². The molecule has 84 valence electrons. The molecule has 0 aromatic heterocycles. The van der Waals surface area contributed by atoms with E-state index >= 15 is 0 Å².